The minimum atomic E-state index is -4.15. The lowest BCUT2D eigenvalue weighted by atomic mass is 10.0. The molecule has 8 nitrogen and oxygen atoms in total. The number of ether oxygens (including phenoxy) is 1. The molecule has 0 bridgehead atoms. The summed E-state index contributed by atoms with van der Waals surface area (Å²) in [6, 6.07) is 23.0. The Balaban J connectivity index is 1.53. The number of hydrogen-bond donors (Lipinski definition) is 0. The molecular weight excluding hydrogens is 468 g/mol. The van der Waals surface area contributed by atoms with Crippen LogP contribution in [0.3, 0.4) is 0 Å². The van der Waals surface area contributed by atoms with Gasteiger partial charge in [0.05, 0.1) is 11.4 Å². The van der Waals surface area contributed by atoms with Crippen molar-refractivity contribution in [2.24, 2.45) is 5.92 Å². The minimum absolute atomic E-state index is 0.0127. The fourth-order valence-corrected chi connectivity index (χ4v) is 5.47. The quantitative estimate of drug-likeness (QED) is 0.440. The SMILES string of the molecule is CC(C)[C@@H]1C(=O)N(OCc2ccccc2)C(=O)CN1S(=O)(=O)c1ccc(Oc2ccccc2)cc1. The van der Waals surface area contributed by atoms with Crippen LogP contribution in [0.1, 0.15) is 19.4 Å². The number of hydrogen-bond acceptors (Lipinski definition) is 6. The number of benzene rings is 3. The number of sulfonamides is 1. The zero-order valence-electron chi connectivity index (χ0n) is 19.4. The van der Waals surface area contributed by atoms with Crippen molar-refractivity contribution in [2.45, 2.75) is 31.4 Å². The molecule has 182 valence electrons. The fourth-order valence-electron chi connectivity index (χ4n) is 3.80. The first-order valence-electron chi connectivity index (χ1n) is 11.2. The van der Waals surface area contributed by atoms with Crippen molar-refractivity contribution >= 4 is 21.8 Å². The zero-order valence-corrected chi connectivity index (χ0v) is 20.2. The highest BCUT2D eigenvalue weighted by Gasteiger charge is 2.47. The Labute approximate surface area is 204 Å². The molecule has 3 aromatic rings. The predicted octanol–water partition coefficient (Wildman–Crippen LogP) is 3.99. The van der Waals surface area contributed by atoms with Gasteiger partial charge in [0.2, 0.25) is 10.0 Å². The molecule has 0 unspecified atom stereocenters. The van der Waals surface area contributed by atoms with E-state index in [1.807, 2.05) is 36.4 Å². The number of imide groups is 1. The predicted molar refractivity (Wildman–Crippen MR) is 129 cm³/mol. The molecule has 1 saturated heterocycles. The molecule has 0 N–H and O–H groups in total. The number of rotatable bonds is 8. The molecule has 0 aromatic heterocycles. The minimum Gasteiger partial charge on any atom is -0.457 e. The molecule has 1 aliphatic rings. The van der Waals surface area contributed by atoms with E-state index in [1.54, 1.807) is 38.1 Å². The summed E-state index contributed by atoms with van der Waals surface area (Å²) >= 11 is 0. The summed E-state index contributed by atoms with van der Waals surface area (Å²) < 4.78 is 33.6. The van der Waals surface area contributed by atoms with E-state index in [-0.39, 0.29) is 11.5 Å². The average molecular weight is 495 g/mol. The number of piperazine rings is 1. The van der Waals surface area contributed by atoms with Gasteiger partial charge in [-0.1, -0.05) is 62.4 Å². The van der Waals surface area contributed by atoms with Gasteiger partial charge in [0.15, 0.2) is 0 Å². The number of carbonyl (C=O) groups excluding carboxylic acids is 2. The number of carbonyl (C=O) groups is 2. The van der Waals surface area contributed by atoms with Gasteiger partial charge in [-0.15, -0.1) is 0 Å². The van der Waals surface area contributed by atoms with Crippen molar-refractivity contribution in [3.05, 3.63) is 90.5 Å². The van der Waals surface area contributed by atoms with E-state index in [9.17, 15) is 18.0 Å². The van der Waals surface area contributed by atoms with Crippen LogP contribution in [-0.4, -0.2) is 42.2 Å². The Kier molecular flexibility index (Phi) is 7.30. The third-order valence-corrected chi connectivity index (χ3v) is 7.37. The molecule has 0 radical (unpaired) electrons. The van der Waals surface area contributed by atoms with Crippen molar-refractivity contribution in [3.8, 4) is 11.5 Å². The average Bonchev–Trinajstić information content (AvgIpc) is 2.85. The molecule has 1 atom stereocenters. The van der Waals surface area contributed by atoms with Crippen LogP contribution in [0.2, 0.25) is 0 Å². The Bertz CT molecular complexity index is 1280. The Morgan fingerprint density at radius 1 is 0.857 bits per heavy atom. The van der Waals surface area contributed by atoms with Gasteiger partial charge in [0.1, 0.15) is 24.1 Å². The number of amides is 2. The first-order valence-corrected chi connectivity index (χ1v) is 12.6. The molecule has 2 amide bonds. The van der Waals surface area contributed by atoms with Gasteiger partial charge in [0.25, 0.3) is 11.8 Å². The van der Waals surface area contributed by atoms with Gasteiger partial charge in [-0.05, 0) is 47.9 Å². The number of hydroxylamine groups is 2. The lowest BCUT2D eigenvalue weighted by Gasteiger charge is -2.39. The van der Waals surface area contributed by atoms with Crippen LogP contribution in [0.5, 0.6) is 11.5 Å². The third-order valence-electron chi connectivity index (χ3n) is 5.52. The van der Waals surface area contributed by atoms with Crippen LogP contribution < -0.4 is 4.74 Å². The van der Waals surface area contributed by atoms with E-state index in [4.69, 9.17) is 9.57 Å². The second kappa shape index (κ2) is 10.4. The molecule has 4 rings (SSSR count). The normalized spacial score (nSPS) is 17.1. The van der Waals surface area contributed by atoms with E-state index in [0.29, 0.717) is 16.6 Å². The van der Waals surface area contributed by atoms with E-state index >= 15 is 0 Å². The number of para-hydroxylation sites is 1. The summed E-state index contributed by atoms with van der Waals surface area (Å²) in [5.41, 5.74) is 0.780. The van der Waals surface area contributed by atoms with Gasteiger partial charge in [-0.25, -0.2) is 8.42 Å². The standard InChI is InChI=1S/C26H26N2O6S/c1-19(2)25-26(30)28(33-18-20-9-5-3-6-10-20)24(29)17-27(25)35(31,32)23-15-13-22(14-16-23)34-21-11-7-4-8-12-21/h3-16,19,25H,17-18H2,1-2H3/t25-/m1/s1. The molecule has 1 aliphatic heterocycles. The van der Waals surface area contributed by atoms with Crippen molar-refractivity contribution in [1.29, 1.82) is 0 Å². The smallest absolute Gasteiger partial charge is 0.272 e. The second-order valence-electron chi connectivity index (χ2n) is 8.41. The lowest BCUT2D eigenvalue weighted by Crippen LogP contribution is -2.62. The van der Waals surface area contributed by atoms with Gasteiger partial charge in [-0.3, -0.25) is 14.4 Å². The molecule has 1 fully saturated rings. The molecule has 3 aromatic carbocycles. The van der Waals surface area contributed by atoms with E-state index in [1.165, 1.54) is 24.3 Å². The van der Waals surface area contributed by atoms with Gasteiger partial charge < -0.3 is 4.74 Å². The van der Waals surface area contributed by atoms with Gasteiger partial charge in [-0.2, -0.15) is 9.37 Å². The summed E-state index contributed by atoms with van der Waals surface area (Å²) in [5.74, 6) is -0.767. The van der Waals surface area contributed by atoms with Gasteiger partial charge in [0, 0.05) is 0 Å². The van der Waals surface area contributed by atoms with Crippen LogP contribution in [0.4, 0.5) is 0 Å². The number of nitrogens with zero attached hydrogens (tertiary/aromatic N) is 2. The van der Waals surface area contributed by atoms with Crippen LogP contribution in [0.15, 0.2) is 89.8 Å². The van der Waals surface area contributed by atoms with Crippen molar-refractivity contribution in [3.63, 3.8) is 0 Å². The third kappa shape index (κ3) is 5.43. The zero-order chi connectivity index (χ0) is 25.0. The van der Waals surface area contributed by atoms with Gasteiger partial charge >= 0.3 is 0 Å². The van der Waals surface area contributed by atoms with Crippen molar-refractivity contribution in [2.75, 3.05) is 6.54 Å². The maximum atomic E-state index is 13.5. The molecule has 0 aliphatic carbocycles. The molecule has 35 heavy (non-hydrogen) atoms. The van der Waals surface area contributed by atoms with E-state index < -0.39 is 40.3 Å². The van der Waals surface area contributed by atoms with Crippen LogP contribution in [-0.2, 0) is 31.1 Å². The maximum Gasteiger partial charge on any atom is 0.272 e. The molecule has 1 heterocycles. The van der Waals surface area contributed by atoms with Crippen LogP contribution >= 0.6 is 0 Å². The highest BCUT2D eigenvalue weighted by atomic mass is 32.2. The molecular formula is C26H26N2O6S. The van der Waals surface area contributed by atoms with Crippen molar-refractivity contribution in [1.82, 2.24) is 9.37 Å². The summed E-state index contributed by atoms with van der Waals surface area (Å²) in [4.78, 5) is 31.5. The topological polar surface area (TPSA) is 93.2 Å². The fraction of sp³-hybridized carbons (Fsp3) is 0.231. The van der Waals surface area contributed by atoms with E-state index in [2.05, 4.69) is 0 Å². The Morgan fingerprint density at radius 2 is 1.43 bits per heavy atom. The van der Waals surface area contributed by atoms with Crippen molar-refractivity contribution < 1.29 is 27.6 Å². The summed E-state index contributed by atoms with van der Waals surface area (Å²) in [5, 5.41) is 0.695. The second-order valence-corrected chi connectivity index (χ2v) is 10.3. The largest absolute Gasteiger partial charge is 0.457 e. The Hall–Kier alpha value is -3.53. The van der Waals surface area contributed by atoms with Crippen LogP contribution in [0, 0.1) is 5.92 Å². The summed E-state index contributed by atoms with van der Waals surface area (Å²) in [6.07, 6.45) is 0. The molecule has 0 saturated carbocycles. The Morgan fingerprint density at radius 3 is 2.03 bits per heavy atom. The maximum absolute atomic E-state index is 13.5. The monoisotopic (exact) mass is 494 g/mol. The first-order chi connectivity index (χ1) is 16.8. The lowest BCUT2D eigenvalue weighted by molar-refractivity contribution is -0.208. The first kappa shape index (κ1) is 24.6. The van der Waals surface area contributed by atoms with E-state index in [0.717, 1.165) is 9.87 Å². The summed E-state index contributed by atoms with van der Waals surface area (Å²) in [6.45, 7) is 2.97. The van der Waals surface area contributed by atoms with Crippen LogP contribution in [0.25, 0.3) is 0 Å². The molecule has 0 spiro atoms. The highest BCUT2D eigenvalue weighted by Crippen LogP contribution is 2.29. The highest BCUT2D eigenvalue weighted by molar-refractivity contribution is 7.89. The summed E-state index contributed by atoms with van der Waals surface area (Å²) in [7, 11) is -4.15. The molecule has 9 heteroatoms.